The Kier molecular flexibility index (Phi) is 5.90. The van der Waals surface area contributed by atoms with Gasteiger partial charge in [0.1, 0.15) is 5.69 Å². The number of nitrogens with one attached hydrogen (secondary N) is 2. The van der Waals surface area contributed by atoms with Gasteiger partial charge in [-0.1, -0.05) is 18.2 Å². The van der Waals surface area contributed by atoms with E-state index in [0.717, 1.165) is 16.0 Å². The van der Waals surface area contributed by atoms with Crippen LogP contribution in [0.5, 0.6) is 0 Å². The first-order valence-electron chi connectivity index (χ1n) is 8.36. The number of nitrogens with zero attached hydrogens (tertiary/aromatic N) is 2. The Bertz CT molecular complexity index is 1080. The van der Waals surface area contributed by atoms with Crippen molar-refractivity contribution in [3.8, 4) is 0 Å². The number of rotatable bonds is 8. The van der Waals surface area contributed by atoms with Gasteiger partial charge in [-0.3, -0.25) is 14.8 Å². The third-order valence-electron chi connectivity index (χ3n) is 3.83. The smallest absolute Gasteiger partial charge is 0.293 e. The fourth-order valence-electron chi connectivity index (χ4n) is 2.52. The van der Waals surface area contributed by atoms with Gasteiger partial charge >= 0.3 is 0 Å². The number of nitro groups is 1. The number of hydrogen-bond donors (Lipinski definition) is 2. The number of benzene rings is 2. The number of sulfonamides is 1. The first-order valence-corrected chi connectivity index (χ1v) is 10.7. The van der Waals surface area contributed by atoms with Crippen LogP contribution in [0.25, 0.3) is 0 Å². The van der Waals surface area contributed by atoms with Crippen LogP contribution >= 0.6 is 11.3 Å². The highest BCUT2D eigenvalue weighted by atomic mass is 32.2. The Balaban J connectivity index is 1.77. The Morgan fingerprint density at radius 1 is 1.18 bits per heavy atom. The second-order valence-corrected chi connectivity index (χ2v) is 8.95. The van der Waals surface area contributed by atoms with Crippen molar-refractivity contribution in [3.63, 3.8) is 0 Å². The SMILES string of the molecule is Cc1cnc(CCNc2ccc(S(=O)(=O)Nc3ccccc3)cc2[N+](=O)[O-])s1. The van der Waals surface area contributed by atoms with Crippen molar-refractivity contribution in [2.75, 3.05) is 16.6 Å². The van der Waals surface area contributed by atoms with Gasteiger partial charge in [-0.15, -0.1) is 11.3 Å². The van der Waals surface area contributed by atoms with Crippen LogP contribution in [-0.4, -0.2) is 24.9 Å². The fourth-order valence-corrected chi connectivity index (χ4v) is 4.39. The molecule has 0 radical (unpaired) electrons. The summed E-state index contributed by atoms with van der Waals surface area (Å²) in [5.74, 6) is 0. The molecule has 3 aromatic rings. The molecule has 0 bridgehead atoms. The average Bonchev–Trinajstić information content (AvgIpc) is 3.07. The van der Waals surface area contributed by atoms with Gasteiger partial charge in [0, 0.05) is 35.8 Å². The van der Waals surface area contributed by atoms with Crippen molar-refractivity contribution in [2.45, 2.75) is 18.2 Å². The van der Waals surface area contributed by atoms with E-state index >= 15 is 0 Å². The second-order valence-electron chi connectivity index (χ2n) is 5.95. The number of para-hydroxylation sites is 1. The van der Waals surface area contributed by atoms with E-state index in [1.54, 1.807) is 47.9 Å². The van der Waals surface area contributed by atoms with Crippen LogP contribution in [0.3, 0.4) is 0 Å². The summed E-state index contributed by atoms with van der Waals surface area (Å²) < 4.78 is 27.5. The summed E-state index contributed by atoms with van der Waals surface area (Å²) in [7, 11) is -3.94. The summed E-state index contributed by atoms with van der Waals surface area (Å²) in [6.07, 6.45) is 2.40. The molecule has 8 nitrogen and oxygen atoms in total. The summed E-state index contributed by atoms with van der Waals surface area (Å²) >= 11 is 1.57. The Hall–Kier alpha value is -2.98. The molecule has 0 amide bonds. The molecule has 146 valence electrons. The zero-order valence-corrected chi connectivity index (χ0v) is 16.6. The largest absolute Gasteiger partial charge is 0.379 e. The number of nitro benzene ring substituents is 1. The number of aromatic nitrogens is 1. The monoisotopic (exact) mass is 418 g/mol. The van der Waals surface area contributed by atoms with Crippen molar-refractivity contribution < 1.29 is 13.3 Å². The number of thiazole rings is 1. The summed E-state index contributed by atoms with van der Waals surface area (Å²) in [6.45, 7) is 2.41. The zero-order chi connectivity index (χ0) is 20.1. The van der Waals surface area contributed by atoms with Gasteiger partial charge in [0.2, 0.25) is 0 Å². The van der Waals surface area contributed by atoms with Crippen LogP contribution < -0.4 is 10.0 Å². The molecule has 3 rings (SSSR count). The molecular formula is C18H18N4O4S2. The van der Waals surface area contributed by atoms with E-state index in [0.29, 0.717) is 18.7 Å². The number of anilines is 2. The van der Waals surface area contributed by atoms with E-state index in [1.165, 1.54) is 12.1 Å². The van der Waals surface area contributed by atoms with Gasteiger partial charge in [0.15, 0.2) is 0 Å². The highest BCUT2D eigenvalue weighted by Gasteiger charge is 2.21. The number of aryl methyl sites for hydroxylation is 1. The van der Waals surface area contributed by atoms with Crippen LogP contribution in [0.4, 0.5) is 17.1 Å². The minimum atomic E-state index is -3.94. The second kappa shape index (κ2) is 8.36. The van der Waals surface area contributed by atoms with E-state index in [2.05, 4.69) is 15.0 Å². The lowest BCUT2D eigenvalue weighted by atomic mass is 10.2. The Labute approximate surface area is 166 Å². The highest BCUT2D eigenvalue weighted by molar-refractivity contribution is 7.92. The van der Waals surface area contributed by atoms with Gasteiger partial charge in [-0.05, 0) is 31.2 Å². The number of hydrogen-bond acceptors (Lipinski definition) is 7. The molecule has 0 saturated carbocycles. The maximum absolute atomic E-state index is 12.5. The summed E-state index contributed by atoms with van der Waals surface area (Å²) in [5, 5.41) is 15.4. The summed E-state index contributed by atoms with van der Waals surface area (Å²) in [4.78, 5) is 16.0. The van der Waals surface area contributed by atoms with Crippen molar-refractivity contribution in [1.82, 2.24) is 4.98 Å². The zero-order valence-electron chi connectivity index (χ0n) is 15.0. The average molecular weight is 419 g/mol. The Morgan fingerprint density at radius 3 is 2.57 bits per heavy atom. The molecular weight excluding hydrogens is 400 g/mol. The molecule has 2 aromatic carbocycles. The van der Waals surface area contributed by atoms with Gasteiger partial charge in [0.25, 0.3) is 15.7 Å². The first kappa shape index (κ1) is 19.8. The standard InChI is InChI=1S/C18H18N4O4S2/c1-13-12-20-18(27-13)9-10-19-16-8-7-15(11-17(16)22(23)24)28(25,26)21-14-5-3-2-4-6-14/h2-8,11-12,19,21H,9-10H2,1H3. The summed E-state index contributed by atoms with van der Waals surface area (Å²) in [6, 6.07) is 12.1. The van der Waals surface area contributed by atoms with Gasteiger partial charge in [-0.25, -0.2) is 13.4 Å². The molecule has 10 heteroatoms. The van der Waals surface area contributed by atoms with Crippen molar-refractivity contribution in [2.24, 2.45) is 0 Å². The van der Waals surface area contributed by atoms with Gasteiger partial charge < -0.3 is 5.32 Å². The maximum atomic E-state index is 12.5. The van der Waals surface area contributed by atoms with Crippen LogP contribution in [0.1, 0.15) is 9.88 Å². The van der Waals surface area contributed by atoms with E-state index in [9.17, 15) is 18.5 Å². The minimum Gasteiger partial charge on any atom is -0.379 e. The molecule has 1 heterocycles. The normalized spacial score (nSPS) is 11.2. The van der Waals surface area contributed by atoms with Crippen LogP contribution in [0.2, 0.25) is 0 Å². The molecule has 0 atom stereocenters. The Morgan fingerprint density at radius 2 is 1.93 bits per heavy atom. The van der Waals surface area contributed by atoms with Crippen LogP contribution in [0, 0.1) is 17.0 Å². The molecule has 0 unspecified atom stereocenters. The van der Waals surface area contributed by atoms with E-state index in [1.807, 2.05) is 6.92 Å². The van der Waals surface area contributed by atoms with Crippen LogP contribution in [-0.2, 0) is 16.4 Å². The molecule has 0 aliphatic rings. The lowest BCUT2D eigenvalue weighted by Crippen LogP contribution is -2.14. The lowest BCUT2D eigenvalue weighted by molar-refractivity contribution is -0.384. The van der Waals surface area contributed by atoms with Crippen molar-refractivity contribution in [1.29, 1.82) is 0 Å². The van der Waals surface area contributed by atoms with Gasteiger partial charge in [0.05, 0.1) is 14.8 Å². The van der Waals surface area contributed by atoms with Crippen LogP contribution in [0.15, 0.2) is 59.6 Å². The quantitative estimate of drug-likeness (QED) is 0.425. The van der Waals surface area contributed by atoms with E-state index < -0.39 is 14.9 Å². The third kappa shape index (κ3) is 4.84. The van der Waals surface area contributed by atoms with Gasteiger partial charge in [-0.2, -0.15) is 0 Å². The third-order valence-corrected chi connectivity index (χ3v) is 6.18. The molecule has 0 aliphatic carbocycles. The molecule has 0 aliphatic heterocycles. The maximum Gasteiger partial charge on any atom is 0.293 e. The molecule has 1 aromatic heterocycles. The molecule has 0 saturated heterocycles. The predicted octanol–water partition coefficient (Wildman–Crippen LogP) is 3.82. The molecule has 0 spiro atoms. The minimum absolute atomic E-state index is 0.177. The van der Waals surface area contributed by atoms with Crippen molar-refractivity contribution in [3.05, 3.63) is 74.7 Å². The lowest BCUT2D eigenvalue weighted by Gasteiger charge is -2.10. The highest BCUT2D eigenvalue weighted by Crippen LogP contribution is 2.28. The first-order chi connectivity index (χ1) is 13.3. The molecule has 0 fully saturated rings. The van der Waals surface area contributed by atoms with E-state index in [-0.39, 0.29) is 16.3 Å². The van der Waals surface area contributed by atoms with Crippen molar-refractivity contribution >= 4 is 38.4 Å². The predicted molar refractivity (Wildman–Crippen MR) is 109 cm³/mol. The van der Waals surface area contributed by atoms with E-state index in [4.69, 9.17) is 0 Å². The molecule has 28 heavy (non-hydrogen) atoms. The topological polar surface area (TPSA) is 114 Å². The molecule has 2 N–H and O–H groups in total. The fraction of sp³-hybridized carbons (Fsp3) is 0.167. The summed E-state index contributed by atoms with van der Waals surface area (Å²) in [5.41, 5.74) is 0.342.